The third-order valence-corrected chi connectivity index (χ3v) is 13.5. The summed E-state index contributed by atoms with van der Waals surface area (Å²) < 4.78 is 126. The molecule has 0 aliphatic heterocycles. The maximum absolute atomic E-state index is 16.0. The van der Waals surface area contributed by atoms with E-state index < -0.39 is 58.0 Å². The summed E-state index contributed by atoms with van der Waals surface area (Å²) in [5.74, 6) is -7.39. The van der Waals surface area contributed by atoms with Crippen molar-refractivity contribution in [3.8, 4) is 34.3 Å². The summed E-state index contributed by atoms with van der Waals surface area (Å²) in [6.45, 7) is 0.445. The predicted octanol–water partition coefficient (Wildman–Crippen LogP) is 13.3. The quantitative estimate of drug-likeness (QED) is 0.0409. The summed E-state index contributed by atoms with van der Waals surface area (Å²) in [4.78, 5) is 44.9. The van der Waals surface area contributed by atoms with Crippen molar-refractivity contribution >= 4 is 57.2 Å². The number of nitrogens with zero attached hydrogens (tertiary/aromatic N) is 6. The Morgan fingerprint density at radius 2 is 0.889 bits per heavy atom. The Hall–Kier alpha value is -8.62. The second-order valence-corrected chi connectivity index (χ2v) is 19.3. The molecule has 0 unspecified atom stereocenters. The first-order chi connectivity index (χ1) is 39.1. The minimum atomic E-state index is -1.32. The van der Waals surface area contributed by atoms with E-state index in [1.165, 1.54) is 47.6 Å². The van der Waals surface area contributed by atoms with Crippen LogP contribution in [0.2, 0.25) is 10.0 Å². The fourth-order valence-corrected chi connectivity index (χ4v) is 9.23. The number of ether oxygens (including phenoxy) is 5. The Bertz CT molecular complexity index is 3760. The summed E-state index contributed by atoms with van der Waals surface area (Å²) >= 11 is 11.9. The number of carbonyl (C=O) groups excluding carboxylic acids is 2. The first kappa shape index (κ1) is 55.7. The number of pyridine rings is 2. The summed E-state index contributed by atoms with van der Waals surface area (Å²) in [6.07, 6.45) is -0.663. The van der Waals surface area contributed by atoms with Gasteiger partial charge in [-0.2, -0.15) is 0 Å². The summed E-state index contributed by atoms with van der Waals surface area (Å²) in [7, 11) is 2.83. The van der Waals surface area contributed by atoms with Crippen LogP contribution in [0.1, 0.15) is 54.6 Å². The van der Waals surface area contributed by atoms with Gasteiger partial charge in [-0.25, -0.2) is 55.9 Å². The van der Waals surface area contributed by atoms with Crippen LogP contribution in [-0.2, 0) is 53.4 Å². The molecule has 13 nitrogen and oxygen atoms in total. The third-order valence-electron chi connectivity index (χ3n) is 13.0. The molecule has 10 aromatic rings. The lowest BCUT2D eigenvalue weighted by atomic mass is 10.0. The van der Waals surface area contributed by atoms with Gasteiger partial charge in [-0.15, -0.1) is 0 Å². The van der Waals surface area contributed by atoms with E-state index in [9.17, 15) is 9.59 Å². The molecule has 0 N–H and O–H groups in total. The predicted molar refractivity (Wildman–Crippen MR) is 289 cm³/mol. The lowest BCUT2D eigenvalue weighted by Crippen LogP contribution is -2.14. The molecule has 21 heteroatoms. The van der Waals surface area contributed by atoms with E-state index in [2.05, 4.69) is 19.9 Å². The van der Waals surface area contributed by atoms with Crippen molar-refractivity contribution < 1.29 is 59.6 Å². The van der Waals surface area contributed by atoms with Crippen molar-refractivity contribution in [2.24, 2.45) is 0 Å². The zero-order chi connectivity index (χ0) is 56.9. The van der Waals surface area contributed by atoms with Gasteiger partial charge in [0.15, 0.2) is 11.6 Å². The number of methoxy groups -OCH3 is 2. The fraction of sp³-hybridized carbons (Fsp3) is 0.167. The van der Waals surface area contributed by atoms with Crippen LogP contribution in [-0.4, -0.2) is 68.4 Å². The van der Waals surface area contributed by atoms with Gasteiger partial charge in [0.25, 0.3) is 0 Å². The van der Waals surface area contributed by atoms with Crippen LogP contribution in [0.15, 0.2) is 133 Å². The van der Waals surface area contributed by atoms with Gasteiger partial charge in [0, 0.05) is 73.5 Å². The summed E-state index contributed by atoms with van der Waals surface area (Å²) in [6, 6.07) is 31.3. The highest BCUT2D eigenvalue weighted by molar-refractivity contribution is 6.30. The van der Waals surface area contributed by atoms with Crippen LogP contribution in [0, 0.1) is 34.9 Å². The van der Waals surface area contributed by atoms with Gasteiger partial charge < -0.3 is 32.8 Å². The molecule has 0 saturated carbocycles. The van der Waals surface area contributed by atoms with E-state index in [1.807, 2.05) is 0 Å². The van der Waals surface area contributed by atoms with Gasteiger partial charge in [-0.05, 0) is 107 Å². The molecule has 0 aliphatic rings. The number of hydrogen-bond acceptors (Lipinski definition) is 11. The Balaban J connectivity index is 0.866. The average Bonchev–Trinajstić information content (AvgIpc) is 4.22. The number of fused-ring (bicyclic) bond motifs is 2. The summed E-state index contributed by atoms with van der Waals surface area (Å²) in [5, 5.41) is 1.12. The molecule has 0 fully saturated rings. The molecule has 0 saturated heterocycles. The van der Waals surface area contributed by atoms with E-state index in [1.54, 1.807) is 72.8 Å². The lowest BCUT2D eigenvalue weighted by Gasteiger charge is -2.12. The van der Waals surface area contributed by atoms with Crippen LogP contribution in [0.25, 0.3) is 44.6 Å². The number of imidazole rings is 2. The number of rotatable bonds is 20. The SMILES string of the molecule is COCCn1c(Cc2cc(F)c(-c3cccc(OCc4ccc(Cl)cc4)n3)cc2F)nc2c(F)cc(C(=O)OC(=O)c3cc(F)c4nc(Cc5cc(F)c(-c6cccc(OCc7ccc(Cl)cc7)n6)cc5F)n(CCOC)c4c3)cc21. The van der Waals surface area contributed by atoms with Gasteiger partial charge in [0.05, 0.1) is 46.8 Å². The van der Waals surface area contributed by atoms with Crippen molar-refractivity contribution in [1.82, 2.24) is 29.1 Å². The standard InChI is InChI=1S/C60H44Cl2F6N6O7/c1-77-19-17-73-51-25-37(23-47(67)57(51)71-53(73)27-35-21-45(65)41(29-43(35)63)49-5-3-7-55(69-49)79-31-33-9-13-39(61)14-10-33)59(75)81-60(76)38-24-48(68)58-52(26-38)74(18-20-78-2)54(72-58)28-36-22-46(66)42(30-44(36)64)50-6-4-8-56(70-50)80-32-34-11-15-40(62)16-12-34/h3-16,21-26,29-30H,17-20,27-28,31-32H2,1-2H3. The van der Waals surface area contributed by atoms with Crippen molar-refractivity contribution in [3.05, 3.63) is 223 Å². The Kier molecular flexibility index (Phi) is 16.8. The van der Waals surface area contributed by atoms with Crippen molar-refractivity contribution in [2.45, 2.75) is 39.1 Å². The molecule has 0 atom stereocenters. The van der Waals surface area contributed by atoms with Gasteiger partial charge in [-0.1, -0.05) is 59.6 Å². The Morgan fingerprint density at radius 3 is 1.28 bits per heavy atom. The maximum Gasteiger partial charge on any atom is 0.346 e. The van der Waals surface area contributed by atoms with Gasteiger partial charge in [0.2, 0.25) is 11.8 Å². The molecule has 0 amide bonds. The fourth-order valence-electron chi connectivity index (χ4n) is 8.98. The van der Waals surface area contributed by atoms with E-state index in [-0.39, 0.29) is 131 Å². The zero-order valence-electron chi connectivity index (χ0n) is 42.9. The second-order valence-electron chi connectivity index (χ2n) is 18.4. The average molecular weight is 1150 g/mol. The molecule has 81 heavy (non-hydrogen) atoms. The molecule has 4 aromatic heterocycles. The van der Waals surface area contributed by atoms with Crippen molar-refractivity contribution in [1.29, 1.82) is 0 Å². The first-order valence-electron chi connectivity index (χ1n) is 24.9. The number of aromatic nitrogens is 6. The van der Waals surface area contributed by atoms with E-state index in [0.29, 0.717) is 10.0 Å². The van der Waals surface area contributed by atoms with E-state index >= 15 is 26.3 Å². The number of carbonyl (C=O) groups is 2. The van der Waals surface area contributed by atoms with Gasteiger partial charge in [0.1, 0.15) is 59.2 Å². The van der Waals surface area contributed by atoms with Crippen molar-refractivity contribution in [3.63, 3.8) is 0 Å². The normalized spacial score (nSPS) is 11.4. The van der Waals surface area contributed by atoms with Crippen molar-refractivity contribution in [2.75, 3.05) is 27.4 Å². The molecule has 0 spiro atoms. The monoisotopic (exact) mass is 1140 g/mol. The third kappa shape index (κ3) is 12.6. The topological polar surface area (TPSA) is 142 Å². The molecule has 0 bridgehead atoms. The minimum absolute atomic E-state index is 0.0217. The molecule has 0 aliphatic carbocycles. The second kappa shape index (κ2) is 24.4. The minimum Gasteiger partial charge on any atom is -0.473 e. The van der Waals surface area contributed by atoms with Gasteiger partial charge in [-0.3, -0.25) is 0 Å². The summed E-state index contributed by atoms with van der Waals surface area (Å²) in [5.41, 5.74) is 0.0273. The zero-order valence-corrected chi connectivity index (χ0v) is 44.4. The van der Waals surface area contributed by atoms with Crippen LogP contribution in [0.5, 0.6) is 11.8 Å². The van der Waals surface area contributed by atoms with E-state index in [0.717, 1.165) is 47.5 Å². The first-order valence-corrected chi connectivity index (χ1v) is 25.7. The Morgan fingerprint density at radius 1 is 0.481 bits per heavy atom. The molecular weight excluding hydrogens is 1100 g/mol. The van der Waals surface area contributed by atoms with Crippen LogP contribution < -0.4 is 9.47 Å². The van der Waals surface area contributed by atoms with Crippen LogP contribution in [0.4, 0.5) is 26.3 Å². The highest BCUT2D eigenvalue weighted by Crippen LogP contribution is 2.32. The molecular formula is C60H44Cl2F6N6O7. The maximum atomic E-state index is 16.0. The molecule has 412 valence electrons. The smallest absolute Gasteiger partial charge is 0.346 e. The lowest BCUT2D eigenvalue weighted by molar-refractivity contribution is 0.0397. The molecule has 10 rings (SSSR count). The molecule has 4 heterocycles. The van der Waals surface area contributed by atoms with E-state index in [4.69, 9.17) is 46.9 Å². The number of esters is 2. The van der Waals surface area contributed by atoms with Gasteiger partial charge >= 0.3 is 11.9 Å². The van der Waals surface area contributed by atoms with Crippen LogP contribution in [0.3, 0.4) is 0 Å². The number of benzene rings is 6. The number of halogens is 8. The number of hydrogen-bond donors (Lipinski definition) is 0. The van der Waals surface area contributed by atoms with Crippen LogP contribution >= 0.6 is 23.2 Å². The molecule has 0 radical (unpaired) electrons. The highest BCUT2D eigenvalue weighted by atomic mass is 35.5. The highest BCUT2D eigenvalue weighted by Gasteiger charge is 2.26. The Labute approximate surface area is 468 Å². The molecule has 6 aromatic carbocycles. The largest absolute Gasteiger partial charge is 0.473 e.